The van der Waals surface area contributed by atoms with Gasteiger partial charge in [0.15, 0.2) is 0 Å². The maximum absolute atomic E-state index is 12.4. The zero-order valence-electron chi connectivity index (χ0n) is 18.1. The average Bonchev–Trinajstić information content (AvgIpc) is 3.16. The van der Waals surface area contributed by atoms with E-state index in [0.29, 0.717) is 6.42 Å². The van der Waals surface area contributed by atoms with E-state index in [1.807, 2.05) is 54.3 Å². The summed E-state index contributed by atoms with van der Waals surface area (Å²) in [6.07, 6.45) is 5.93. The molecule has 0 saturated carbocycles. The molecule has 7 heteroatoms. The molecule has 0 spiro atoms. The fraction of sp³-hybridized carbons (Fsp3) is 0.375. The molecular weight excluding hydrogens is 390 g/mol. The van der Waals surface area contributed by atoms with Crippen molar-refractivity contribution < 1.29 is 9.53 Å². The molecule has 162 valence electrons. The van der Waals surface area contributed by atoms with Crippen LogP contribution in [0.2, 0.25) is 0 Å². The molecule has 1 N–H and O–H groups in total. The van der Waals surface area contributed by atoms with Gasteiger partial charge in [-0.1, -0.05) is 12.1 Å². The third-order valence-corrected chi connectivity index (χ3v) is 5.80. The molecule has 3 heterocycles. The van der Waals surface area contributed by atoms with E-state index in [-0.39, 0.29) is 11.9 Å². The van der Waals surface area contributed by atoms with Gasteiger partial charge in [0, 0.05) is 50.7 Å². The zero-order valence-corrected chi connectivity index (χ0v) is 18.1. The standard InChI is InChI=1S/C24H29N5O2/c1-28-21(15-23(27-28)19-4-3-11-25-16-19)17-29-12-9-20(10-13-29)26-24(30)14-18-5-7-22(31-2)8-6-18/h3-8,11,15-16,20H,9-10,12-14,17H2,1-2H3,(H,26,30). The fourth-order valence-electron chi connectivity index (χ4n) is 3.98. The van der Waals surface area contributed by atoms with Gasteiger partial charge in [-0.15, -0.1) is 0 Å². The Morgan fingerprint density at radius 2 is 1.97 bits per heavy atom. The second-order valence-corrected chi connectivity index (χ2v) is 8.03. The Morgan fingerprint density at radius 3 is 2.65 bits per heavy atom. The molecule has 1 amide bonds. The van der Waals surface area contributed by atoms with Crippen LogP contribution >= 0.6 is 0 Å². The van der Waals surface area contributed by atoms with Gasteiger partial charge >= 0.3 is 0 Å². The number of benzene rings is 1. The Hall–Kier alpha value is -3.19. The van der Waals surface area contributed by atoms with Crippen molar-refractivity contribution in [3.05, 3.63) is 66.1 Å². The Labute approximate surface area is 183 Å². The fourth-order valence-corrected chi connectivity index (χ4v) is 3.98. The largest absolute Gasteiger partial charge is 0.497 e. The predicted molar refractivity (Wildman–Crippen MR) is 120 cm³/mol. The van der Waals surface area contributed by atoms with Gasteiger partial charge < -0.3 is 10.1 Å². The topological polar surface area (TPSA) is 72.3 Å². The highest BCUT2D eigenvalue weighted by Gasteiger charge is 2.22. The number of nitrogens with one attached hydrogen (secondary N) is 1. The summed E-state index contributed by atoms with van der Waals surface area (Å²) in [5, 5.41) is 7.83. The number of rotatable bonds is 7. The van der Waals surface area contributed by atoms with E-state index in [1.54, 1.807) is 13.3 Å². The Kier molecular flexibility index (Phi) is 6.62. The summed E-state index contributed by atoms with van der Waals surface area (Å²) in [5.74, 6) is 0.883. The first kappa shape index (κ1) is 21.1. The van der Waals surface area contributed by atoms with Crippen molar-refractivity contribution in [3.8, 4) is 17.0 Å². The molecule has 3 aromatic rings. The number of nitrogens with zero attached hydrogens (tertiary/aromatic N) is 4. The Bertz CT molecular complexity index is 993. The third-order valence-electron chi connectivity index (χ3n) is 5.80. The number of aromatic nitrogens is 3. The van der Waals surface area contributed by atoms with Crippen LogP contribution in [-0.2, 0) is 24.8 Å². The lowest BCUT2D eigenvalue weighted by Crippen LogP contribution is -2.44. The Morgan fingerprint density at radius 1 is 1.19 bits per heavy atom. The van der Waals surface area contributed by atoms with E-state index in [2.05, 4.69) is 26.4 Å². The Balaban J connectivity index is 1.25. The number of pyridine rings is 1. The number of ether oxygens (including phenoxy) is 1. The first-order valence-electron chi connectivity index (χ1n) is 10.7. The minimum Gasteiger partial charge on any atom is -0.497 e. The van der Waals surface area contributed by atoms with Gasteiger partial charge in [-0.25, -0.2) is 0 Å². The van der Waals surface area contributed by atoms with Gasteiger partial charge in [0.05, 0.1) is 24.9 Å². The summed E-state index contributed by atoms with van der Waals surface area (Å²) >= 11 is 0. The number of piperidine rings is 1. The summed E-state index contributed by atoms with van der Waals surface area (Å²) in [6.45, 7) is 2.78. The van der Waals surface area contributed by atoms with Crippen molar-refractivity contribution in [2.24, 2.45) is 7.05 Å². The molecule has 0 bridgehead atoms. The summed E-state index contributed by atoms with van der Waals surface area (Å²) in [4.78, 5) is 19.0. The number of methoxy groups -OCH3 is 1. The van der Waals surface area contributed by atoms with Crippen molar-refractivity contribution in [2.45, 2.75) is 31.8 Å². The highest BCUT2D eigenvalue weighted by molar-refractivity contribution is 5.78. The number of aryl methyl sites for hydroxylation is 1. The number of hydrogen-bond donors (Lipinski definition) is 1. The van der Waals surface area contributed by atoms with Crippen molar-refractivity contribution >= 4 is 5.91 Å². The number of carbonyl (C=O) groups is 1. The van der Waals surface area contributed by atoms with Crippen LogP contribution in [0, 0.1) is 0 Å². The number of hydrogen-bond acceptors (Lipinski definition) is 5. The third kappa shape index (κ3) is 5.49. The van der Waals surface area contributed by atoms with Gasteiger partial charge in [0.2, 0.25) is 5.91 Å². The van der Waals surface area contributed by atoms with Crippen LogP contribution < -0.4 is 10.1 Å². The van der Waals surface area contributed by atoms with Crippen molar-refractivity contribution in [1.29, 1.82) is 0 Å². The first-order chi connectivity index (χ1) is 15.1. The monoisotopic (exact) mass is 419 g/mol. The van der Waals surface area contributed by atoms with E-state index >= 15 is 0 Å². The van der Waals surface area contributed by atoms with Gasteiger partial charge in [-0.2, -0.15) is 5.10 Å². The van der Waals surface area contributed by atoms with Crippen LogP contribution in [0.5, 0.6) is 5.75 Å². The second-order valence-electron chi connectivity index (χ2n) is 8.03. The van der Waals surface area contributed by atoms with Crippen LogP contribution in [0.1, 0.15) is 24.1 Å². The number of amides is 1. The normalized spacial score (nSPS) is 15.0. The SMILES string of the molecule is COc1ccc(CC(=O)NC2CCN(Cc3cc(-c4cccnc4)nn3C)CC2)cc1. The molecule has 1 fully saturated rings. The molecule has 7 nitrogen and oxygen atoms in total. The lowest BCUT2D eigenvalue weighted by molar-refractivity contribution is -0.121. The minimum absolute atomic E-state index is 0.0800. The zero-order chi connectivity index (χ0) is 21.6. The van der Waals surface area contributed by atoms with Gasteiger partial charge in [-0.3, -0.25) is 19.4 Å². The van der Waals surface area contributed by atoms with Crippen LogP contribution in [0.3, 0.4) is 0 Å². The van der Waals surface area contributed by atoms with E-state index in [1.165, 1.54) is 5.69 Å². The summed E-state index contributed by atoms with van der Waals surface area (Å²) in [7, 11) is 3.63. The van der Waals surface area contributed by atoms with Crippen LogP contribution in [0.15, 0.2) is 54.9 Å². The molecule has 0 unspecified atom stereocenters. The van der Waals surface area contributed by atoms with Crippen LogP contribution in [0.25, 0.3) is 11.3 Å². The number of likely N-dealkylation sites (tertiary alicyclic amines) is 1. The summed E-state index contributed by atoms with van der Waals surface area (Å²) in [5.41, 5.74) is 4.16. The van der Waals surface area contributed by atoms with Crippen LogP contribution in [-0.4, -0.2) is 51.8 Å². The maximum atomic E-state index is 12.4. The van der Waals surface area contributed by atoms with Crippen LogP contribution in [0.4, 0.5) is 0 Å². The molecule has 0 atom stereocenters. The minimum atomic E-state index is 0.0800. The van der Waals surface area contributed by atoms with E-state index < -0.39 is 0 Å². The molecule has 2 aromatic heterocycles. The quantitative estimate of drug-likeness (QED) is 0.638. The molecule has 1 saturated heterocycles. The molecule has 0 aliphatic carbocycles. The molecule has 1 aliphatic heterocycles. The summed E-state index contributed by atoms with van der Waals surface area (Å²) < 4.78 is 7.12. The predicted octanol–water partition coefficient (Wildman–Crippen LogP) is 2.81. The van der Waals surface area contributed by atoms with Gasteiger partial charge in [0.25, 0.3) is 0 Å². The highest BCUT2D eigenvalue weighted by atomic mass is 16.5. The molecule has 1 aliphatic rings. The molecule has 4 rings (SSSR count). The summed E-state index contributed by atoms with van der Waals surface area (Å²) in [6, 6.07) is 14.0. The first-order valence-corrected chi connectivity index (χ1v) is 10.7. The lowest BCUT2D eigenvalue weighted by Gasteiger charge is -2.32. The molecule has 31 heavy (non-hydrogen) atoms. The van der Waals surface area contributed by atoms with Crippen molar-refractivity contribution in [1.82, 2.24) is 25.0 Å². The van der Waals surface area contributed by atoms with Gasteiger partial charge in [-0.05, 0) is 48.7 Å². The lowest BCUT2D eigenvalue weighted by atomic mass is 10.0. The van der Waals surface area contributed by atoms with E-state index in [9.17, 15) is 4.79 Å². The molecular formula is C24H29N5O2. The maximum Gasteiger partial charge on any atom is 0.224 e. The molecule has 1 aromatic carbocycles. The van der Waals surface area contributed by atoms with E-state index in [4.69, 9.17) is 4.74 Å². The average molecular weight is 420 g/mol. The molecule has 0 radical (unpaired) electrons. The smallest absolute Gasteiger partial charge is 0.224 e. The highest BCUT2D eigenvalue weighted by Crippen LogP contribution is 2.20. The number of carbonyl (C=O) groups excluding carboxylic acids is 1. The van der Waals surface area contributed by atoms with Crippen molar-refractivity contribution in [2.75, 3.05) is 20.2 Å². The second kappa shape index (κ2) is 9.75. The van der Waals surface area contributed by atoms with Gasteiger partial charge in [0.1, 0.15) is 5.75 Å². The van der Waals surface area contributed by atoms with Crippen molar-refractivity contribution in [3.63, 3.8) is 0 Å². The van der Waals surface area contributed by atoms with E-state index in [0.717, 1.165) is 55.0 Å².